The summed E-state index contributed by atoms with van der Waals surface area (Å²) in [4.78, 5) is 35.6. The first-order valence-electron chi connectivity index (χ1n) is 3.63. The van der Waals surface area contributed by atoms with E-state index < -0.39 is 23.9 Å². The van der Waals surface area contributed by atoms with Gasteiger partial charge in [-0.2, -0.15) is 0 Å². The molecular weight excluding hydrogens is 504 g/mol. The second kappa shape index (κ2) is 43.0. The fourth-order valence-corrected chi connectivity index (χ4v) is 0. The van der Waals surface area contributed by atoms with Crippen molar-refractivity contribution in [1.29, 1.82) is 0 Å². The monoisotopic (exact) mass is 522 g/mol. The summed E-state index contributed by atoms with van der Waals surface area (Å²) in [7, 11) is 0. The van der Waals surface area contributed by atoms with E-state index in [0.29, 0.717) is 0 Å². The standard InChI is InChI=1S/4C2H4O2.3H2O.Th/c4*1-2(3)4;;;;/h4*1H3,(H,3,4);3*1H2;/q;;;;;;;+4/p-4. The van der Waals surface area contributed by atoms with Crippen LogP contribution in [-0.2, 0) is 19.2 Å². The number of rotatable bonds is 0. The normalized spacial score (nSPS) is 5.00. The number of hydrogen-bond acceptors (Lipinski definition) is 8. The molecule has 0 atom stereocenters. The van der Waals surface area contributed by atoms with Gasteiger partial charge in [0.05, 0.1) is 0 Å². The van der Waals surface area contributed by atoms with Crippen molar-refractivity contribution in [2.45, 2.75) is 27.7 Å². The van der Waals surface area contributed by atoms with Crippen molar-refractivity contribution >= 4 is 23.9 Å². The third kappa shape index (κ3) is 5280. The molecule has 0 radical (unpaired) electrons. The molecule has 0 saturated heterocycles. The van der Waals surface area contributed by atoms with Crippen LogP contribution in [0.5, 0.6) is 0 Å². The second-order valence-electron chi connectivity index (χ2n) is 1.97. The van der Waals surface area contributed by atoms with Crippen LogP contribution in [0.2, 0.25) is 0 Å². The van der Waals surface area contributed by atoms with Gasteiger partial charge in [0, 0.05) is 23.9 Å². The molecule has 0 aliphatic heterocycles. The van der Waals surface area contributed by atoms with Gasteiger partial charge in [0.1, 0.15) is 0 Å². The topological polar surface area (TPSA) is 255 Å². The Labute approximate surface area is 147 Å². The van der Waals surface area contributed by atoms with Crippen LogP contribution in [0.15, 0.2) is 0 Å². The van der Waals surface area contributed by atoms with Gasteiger partial charge in [-0.3, -0.25) is 0 Å². The van der Waals surface area contributed by atoms with Gasteiger partial charge in [-0.25, -0.2) is 0 Å². The Balaban J connectivity index is -0.0000000150. The average molecular weight is 522 g/mol. The summed E-state index contributed by atoms with van der Waals surface area (Å²) in [6, 6.07) is 0. The first kappa shape index (κ1) is 50.8. The number of carboxylic acids is 4. The fourth-order valence-electron chi connectivity index (χ4n) is 0. The SMILES string of the molecule is CC(=O)[O-].CC(=O)[O-].CC(=O)[O-].CC(=O)[O-].O.O.O.[Th+4]. The van der Waals surface area contributed by atoms with Crippen molar-refractivity contribution in [3.63, 3.8) is 0 Å². The van der Waals surface area contributed by atoms with E-state index in [0.717, 1.165) is 27.7 Å². The minimum Gasteiger partial charge on any atom is -0.550 e. The predicted molar refractivity (Wildman–Crippen MR) is 53.6 cm³/mol. The van der Waals surface area contributed by atoms with E-state index in [-0.39, 0.29) is 56.4 Å². The molecular formula is C8H18O11Th. The van der Waals surface area contributed by atoms with Crippen LogP contribution < -0.4 is 20.4 Å². The average Bonchev–Trinajstić information content (AvgIpc) is 1.76. The molecule has 6 N–H and O–H groups in total. The predicted octanol–water partition coefficient (Wildman–Crippen LogP) is -7.45. The van der Waals surface area contributed by atoms with Gasteiger partial charge in [0.25, 0.3) is 0 Å². The fraction of sp³-hybridized carbons (Fsp3) is 0.500. The van der Waals surface area contributed by atoms with E-state index >= 15 is 0 Å². The van der Waals surface area contributed by atoms with Crippen molar-refractivity contribution < 1.29 is 96.0 Å². The van der Waals surface area contributed by atoms with Crippen LogP contribution in [0.3, 0.4) is 0 Å². The van der Waals surface area contributed by atoms with Crippen LogP contribution in [-0.4, -0.2) is 40.3 Å². The maximum absolute atomic E-state index is 8.89. The van der Waals surface area contributed by atoms with E-state index in [4.69, 9.17) is 39.6 Å². The number of hydrogen-bond donors (Lipinski definition) is 0. The van der Waals surface area contributed by atoms with Crippen LogP contribution in [0.25, 0.3) is 0 Å². The van der Waals surface area contributed by atoms with Gasteiger partial charge in [-0.05, 0) is 27.7 Å². The van der Waals surface area contributed by atoms with Crippen LogP contribution in [0.4, 0.5) is 0 Å². The zero-order valence-corrected chi connectivity index (χ0v) is 15.4. The van der Waals surface area contributed by atoms with E-state index in [1.807, 2.05) is 0 Å². The Kier molecular flexibility index (Phi) is 109. The van der Waals surface area contributed by atoms with Crippen LogP contribution in [0.1, 0.15) is 27.7 Å². The molecule has 120 valence electrons. The first-order valence-corrected chi connectivity index (χ1v) is 3.63. The van der Waals surface area contributed by atoms with Crippen molar-refractivity contribution in [3.8, 4) is 0 Å². The van der Waals surface area contributed by atoms with E-state index in [9.17, 15) is 0 Å². The van der Waals surface area contributed by atoms with Crippen LogP contribution >= 0.6 is 0 Å². The summed E-state index contributed by atoms with van der Waals surface area (Å²) >= 11 is 0. The van der Waals surface area contributed by atoms with E-state index in [2.05, 4.69) is 0 Å². The third-order valence-corrected chi connectivity index (χ3v) is 0. The summed E-state index contributed by atoms with van der Waals surface area (Å²) in [6.45, 7) is 3.89. The molecule has 0 bridgehead atoms. The molecule has 0 rings (SSSR count). The van der Waals surface area contributed by atoms with Gasteiger partial charge >= 0.3 is 39.9 Å². The molecule has 20 heavy (non-hydrogen) atoms. The zero-order valence-electron chi connectivity index (χ0n) is 11.3. The Hall–Kier alpha value is -0.915. The number of carboxylic acid groups (broad SMARTS) is 4. The number of carbonyl (C=O) groups is 4. The molecule has 0 spiro atoms. The molecule has 0 aromatic rings. The Morgan fingerprint density at radius 3 is 0.500 bits per heavy atom. The van der Waals surface area contributed by atoms with Gasteiger partial charge in [0.2, 0.25) is 0 Å². The summed E-state index contributed by atoms with van der Waals surface area (Å²) in [5.41, 5.74) is 0. The molecule has 0 aromatic heterocycles. The van der Waals surface area contributed by atoms with E-state index in [1.54, 1.807) is 0 Å². The van der Waals surface area contributed by atoms with Crippen molar-refractivity contribution in [2.75, 3.05) is 0 Å². The molecule has 0 heterocycles. The summed E-state index contributed by atoms with van der Waals surface area (Å²) in [6.07, 6.45) is 0. The Morgan fingerprint density at radius 2 is 0.500 bits per heavy atom. The first-order chi connectivity index (χ1) is 6.93. The minimum absolute atomic E-state index is 0. The molecule has 0 amide bonds. The maximum atomic E-state index is 8.89. The smallest absolute Gasteiger partial charge is 0.550 e. The maximum Gasteiger partial charge on any atom is 4.00 e. The minimum atomic E-state index is -1.08. The second-order valence-corrected chi connectivity index (χ2v) is 1.97. The third-order valence-electron chi connectivity index (χ3n) is 0. The van der Waals surface area contributed by atoms with Crippen molar-refractivity contribution in [2.24, 2.45) is 0 Å². The van der Waals surface area contributed by atoms with Crippen molar-refractivity contribution in [3.05, 3.63) is 0 Å². The molecule has 0 saturated carbocycles. The summed E-state index contributed by atoms with van der Waals surface area (Å²) in [5.74, 6) is -4.33. The number of aliphatic carboxylic acids is 4. The molecule has 0 aliphatic carbocycles. The Bertz CT molecular complexity index is 164. The van der Waals surface area contributed by atoms with Crippen LogP contribution in [0, 0.1) is 39.9 Å². The largest absolute Gasteiger partial charge is 4.00 e. The Morgan fingerprint density at radius 1 is 0.500 bits per heavy atom. The summed E-state index contributed by atoms with van der Waals surface area (Å²) < 4.78 is 0. The molecule has 0 aromatic carbocycles. The molecule has 0 aliphatic rings. The number of carbonyl (C=O) groups excluding carboxylic acids is 4. The molecule has 12 heteroatoms. The zero-order chi connectivity index (χ0) is 14.3. The molecule has 0 unspecified atom stereocenters. The van der Waals surface area contributed by atoms with Crippen molar-refractivity contribution in [1.82, 2.24) is 0 Å². The van der Waals surface area contributed by atoms with Gasteiger partial charge < -0.3 is 56.0 Å². The molecule has 0 fully saturated rings. The van der Waals surface area contributed by atoms with Gasteiger partial charge in [0.15, 0.2) is 0 Å². The van der Waals surface area contributed by atoms with Gasteiger partial charge in [-0.15, -0.1) is 0 Å². The molecule has 11 nitrogen and oxygen atoms in total. The quantitative estimate of drug-likeness (QED) is 0.294. The van der Waals surface area contributed by atoms with E-state index in [1.165, 1.54) is 0 Å². The van der Waals surface area contributed by atoms with Gasteiger partial charge in [-0.1, -0.05) is 0 Å². The summed E-state index contributed by atoms with van der Waals surface area (Å²) in [5, 5.41) is 35.6.